The standard InChI is InChI=1S/C15H21FN2O2S/c1-3-17-11-13-10-14(9-12(2)15(13)16)21(19,20)18-7-5-4-6-8-18/h4-5,9-10,17H,3,6-8,11H2,1-2H3. The molecule has 0 fully saturated rings. The van der Waals surface area contributed by atoms with Crippen molar-refractivity contribution in [2.24, 2.45) is 0 Å². The zero-order chi connectivity index (χ0) is 15.5. The predicted molar refractivity (Wildman–Crippen MR) is 81.0 cm³/mol. The molecule has 1 aromatic carbocycles. The summed E-state index contributed by atoms with van der Waals surface area (Å²) in [7, 11) is -3.56. The highest BCUT2D eigenvalue weighted by Crippen LogP contribution is 2.23. The summed E-state index contributed by atoms with van der Waals surface area (Å²) < 4.78 is 40.8. The van der Waals surface area contributed by atoms with Crippen LogP contribution in [-0.2, 0) is 16.6 Å². The lowest BCUT2D eigenvalue weighted by Crippen LogP contribution is -2.34. The molecule has 0 saturated carbocycles. The summed E-state index contributed by atoms with van der Waals surface area (Å²) in [5.41, 5.74) is 0.750. The molecule has 2 rings (SSSR count). The van der Waals surface area contributed by atoms with Crippen LogP contribution in [-0.4, -0.2) is 32.4 Å². The third-order valence-electron chi connectivity index (χ3n) is 3.53. The Balaban J connectivity index is 2.38. The van der Waals surface area contributed by atoms with Crippen molar-refractivity contribution in [3.8, 4) is 0 Å². The monoisotopic (exact) mass is 312 g/mol. The molecule has 21 heavy (non-hydrogen) atoms. The van der Waals surface area contributed by atoms with Crippen LogP contribution in [0.5, 0.6) is 0 Å². The second-order valence-corrected chi connectivity index (χ2v) is 7.05. The van der Waals surface area contributed by atoms with Crippen molar-refractivity contribution in [1.82, 2.24) is 9.62 Å². The Morgan fingerprint density at radius 3 is 2.71 bits per heavy atom. The Labute approximate surface area is 125 Å². The number of benzene rings is 1. The van der Waals surface area contributed by atoms with Crippen LogP contribution >= 0.6 is 0 Å². The number of hydrogen-bond acceptors (Lipinski definition) is 3. The van der Waals surface area contributed by atoms with Gasteiger partial charge < -0.3 is 5.32 Å². The average molecular weight is 312 g/mol. The molecule has 0 saturated heterocycles. The molecule has 0 aromatic heterocycles. The van der Waals surface area contributed by atoms with Crippen molar-refractivity contribution in [2.45, 2.75) is 31.7 Å². The van der Waals surface area contributed by atoms with Gasteiger partial charge in [0.25, 0.3) is 0 Å². The van der Waals surface area contributed by atoms with Gasteiger partial charge in [0, 0.05) is 25.2 Å². The molecule has 1 N–H and O–H groups in total. The average Bonchev–Trinajstić information content (AvgIpc) is 2.49. The number of nitrogens with zero attached hydrogens (tertiary/aromatic N) is 1. The normalized spacial score (nSPS) is 16.3. The summed E-state index contributed by atoms with van der Waals surface area (Å²) in [4.78, 5) is 0.171. The van der Waals surface area contributed by atoms with Crippen LogP contribution in [0.4, 0.5) is 4.39 Å². The minimum atomic E-state index is -3.56. The van der Waals surface area contributed by atoms with E-state index in [4.69, 9.17) is 0 Å². The molecule has 1 aliphatic rings. The molecule has 1 aromatic rings. The highest BCUT2D eigenvalue weighted by molar-refractivity contribution is 7.89. The Hall–Kier alpha value is -1.24. The lowest BCUT2D eigenvalue weighted by Gasteiger charge is -2.23. The molecule has 0 atom stereocenters. The fraction of sp³-hybridized carbons (Fsp3) is 0.467. The summed E-state index contributed by atoms with van der Waals surface area (Å²) in [6.45, 7) is 5.39. The molecule has 4 nitrogen and oxygen atoms in total. The number of aryl methyl sites for hydroxylation is 1. The first-order valence-electron chi connectivity index (χ1n) is 7.11. The van der Waals surface area contributed by atoms with Gasteiger partial charge in [-0.1, -0.05) is 19.1 Å². The zero-order valence-corrected chi connectivity index (χ0v) is 13.2. The van der Waals surface area contributed by atoms with E-state index < -0.39 is 10.0 Å². The number of hydrogen-bond donors (Lipinski definition) is 1. The van der Waals surface area contributed by atoms with E-state index in [9.17, 15) is 12.8 Å². The topological polar surface area (TPSA) is 49.4 Å². The van der Waals surface area contributed by atoms with Crippen LogP contribution in [0.2, 0.25) is 0 Å². The summed E-state index contributed by atoms with van der Waals surface area (Å²) >= 11 is 0. The molecule has 0 amide bonds. The third-order valence-corrected chi connectivity index (χ3v) is 5.37. The Bertz CT molecular complexity index is 641. The molecular weight excluding hydrogens is 291 g/mol. The van der Waals surface area contributed by atoms with Gasteiger partial charge in [-0.15, -0.1) is 0 Å². The molecular formula is C15H21FN2O2S. The Kier molecular flexibility index (Phi) is 5.13. The van der Waals surface area contributed by atoms with Crippen LogP contribution in [0.25, 0.3) is 0 Å². The first-order chi connectivity index (χ1) is 9.96. The molecule has 1 aliphatic heterocycles. The fourth-order valence-electron chi connectivity index (χ4n) is 2.33. The van der Waals surface area contributed by atoms with Crippen molar-refractivity contribution >= 4 is 10.0 Å². The van der Waals surface area contributed by atoms with Gasteiger partial charge in [0.05, 0.1) is 4.90 Å². The van der Waals surface area contributed by atoms with Gasteiger partial charge >= 0.3 is 0 Å². The molecule has 0 unspecified atom stereocenters. The maximum atomic E-state index is 14.1. The number of halogens is 1. The van der Waals surface area contributed by atoms with Gasteiger partial charge in [-0.05, 0) is 37.6 Å². The minimum Gasteiger partial charge on any atom is -0.313 e. The number of rotatable bonds is 5. The summed E-state index contributed by atoms with van der Waals surface area (Å²) in [6.07, 6.45) is 4.53. The molecule has 0 radical (unpaired) electrons. The highest BCUT2D eigenvalue weighted by atomic mass is 32.2. The lowest BCUT2D eigenvalue weighted by atomic mass is 10.1. The smallest absolute Gasteiger partial charge is 0.243 e. The quantitative estimate of drug-likeness (QED) is 0.848. The predicted octanol–water partition coefficient (Wildman–Crippen LogP) is 2.19. The van der Waals surface area contributed by atoms with Crippen LogP contribution in [0, 0.1) is 12.7 Å². The highest BCUT2D eigenvalue weighted by Gasteiger charge is 2.25. The number of nitrogens with one attached hydrogen (secondary N) is 1. The first kappa shape index (κ1) is 16.1. The van der Waals surface area contributed by atoms with E-state index in [0.29, 0.717) is 43.7 Å². The maximum absolute atomic E-state index is 14.1. The van der Waals surface area contributed by atoms with E-state index in [2.05, 4.69) is 5.32 Å². The molecule has 6 heteroatoms. The van der Waals surface area contributed by atoms with Crippen LogP contribution < -0.4 is 5.32 Å². The van der Waals surface area contributed by atoms with Crippen LogP contribution in [0.3, 0.4) is 0 Å². The molecule has 0 spiro atoms. The van der Waals surface area contributed by atoms with E-state index in [-0.39, 0.29) is 10.7 Å². The molecule has 0 aliphatic carbocycles. The molecule has 116 valence electrons. The summed E-state index contributed by atoms with van der Waals surface area (Å²) in [5.74, 6) is -0.339. The van der Waals surface area contributed by atoms with E-state index in [1.807, 2.05) is 19.1 Å². The zero-order valence-electron chi connectivity index (χ0n) is 12.4. The van der Waals surface area contributed by atoms with E-state index in [1.165, 1.54) is 16.4 Å². The van der Waals surface area contributed by atoms with Crippen molar-refractivity contribution in [3.05, 3.63) is 41.2 Å². The van der Waals surface area contributed by atoms with Crippen LogP contribution in [0.15, 0.2) is 29.2 Å². The first-order valence-corrected chi connectivity index (χ1v) is 8.55. The van der Waals surface area contributed by atoms with Crippen molar-refractivity contribution in [2.75, 3.05) is 19.6 Å². The van der Waals surface area contributed by atoms with Gasteiger partial charge in [0.2, 0.25) is 10.0 Å². The lowest BCUT2D eigenvalue weighted by molar-refractivity contribution is 0.437. The maximum Gasteiger partial charge on any atom is 0.243 e. The van der Waals surface area contributed by atoms with E-state index >= 15 is 0 Å². The Morgan fingerprint density at radius 2 is 2.10 bits per heavy atom. The minimum absolute atomic E-state index is 0.171. The summed E-state index contributed by atoms with van der Waals surface area (Å²) in [6, 6.07) is 2.86. The second-order valence-electron chi connectivity index (χ2n) is 5.12. The Morgan fingerprint density at radius 1 is 1.33 bits per heavy atom. The van der Waals surface area contributed by atoms with Crippen molar-refractivity contribution in [3.63, 3.8) is 0 Å². The van der Waals surface area contributed by atoms with E-state index in [1.54, 1.807) is 6.92 Å². The second kappa shape index (κ2) is 6.68. The number of sulfonamides is 1. The van der Waals surface area contributed by atoms with Crippen LogP contribution in [0.1, 0.15) is 24.5 Å². The van der Waals surface area contributed by atoms with Gasteiger partial charge in [0.1, 0.15) is 5.82 Å². The largest absolute Gasteiger partial charge is 0.313 e. The van der Waals surface area contributed by atoms with Crippen molar-refractivity contribution < 1.29 is 12.8 Å². The fourth-order valence-corrected chi connectivity index (χ4v) is 3.87. The third kappa shape index (κ3) is 3.51. The van der Waals surface area contributed by atoms with Gasteiger partial charge in [-0.25, -0.2) is 12.8 Å². The SMILES string of the molecule is CCNCc1cc(S(=O)(=O)N2CC=CCC2)cc(C)c1F. The van der Waals surface area contributed by atoms with E-state index in [0.717, 1.165) is 0 Å². The molecule has 1 heterocycles. The summed E-state index contributed by atoms with van der Waals surface area (Å²) in [5, 5.41) is 3.03. The van der Waals surface area contributed by atoms with Gasteiger partial charge in [-0.2, -0.15) is 4.31 Å². The molecule has 0 bridgehead atoms. The van der Waals surface area contributed by atoms with Gasteiger partial charge in [0.15, 0.2) is 0 Å². The van der Waals surface area contributed by atoms with Gasteiger partial charge in [-0.3, -0.25) is 0 Å². The van der Waals surface area contributed by atoms with Crippen molar-refractivity contribution in [1.29, 1.82) is 0 Å².